The van der Waals surface area contributed by atoms with Crippen molar-refractivity contribution in [3.63, 3.8) is 0 Å². The van der Waals surface area contributed by atoms with E-state index in [1.54, 1.807) is 13.8 Å². The van der Waals surface area contributed by atoms with Gasteiger partial charge in [-0.2, -0.15) is 5.01 Å². The monoisotopic (exact) mass is 500 g/mol. The summed E-state index contributed by atoms with van der Waals surface area (Å²) in [5.41, 5.74) is 12.4. The first-order valence-corrected chi connectivity index (χ1v) is 11.2. The molecule has 14 heteroatoms. The van der Waals surface area contributed by atoms with Gasteiger partial charge in [-0.15, -0.1) is 5.12 Å². The predicted octanol–water partition coefficient (Wildman–Crippen LogP) is -0.304. The van der Waals surface area contributed by atoms with E-state index in [4.69, 9.17) is 16.6 Å². The molecule has 8 N–H and O–H groups in total. The topological polar surface area (TPSA) is 225 Å². The van der Waals surface area contributed by atoms with E-state index in [9.17, 15) is 33.9 Å². The number of primary amides is 1. The van der Waals surface area contributed by atoms with Crippen molar-refractivity contribution in [3.8, 4) is 0 Å². The summed E-state index contributed by atoms with van der Waals surface area (Å²) in [6, 6.07) is -2.71. The number of imide groups is 1. The number of rotatable bonds is 14. The Kier molecular flexibility index (Phi) is 14.5. The number of hydrogen-bond acceptors (Lipinski definition) is 8. The quantitative estimate of drug-likeness (QED) is 0.104. The molecule has 0 aliphatic carbocycles. The van der Waals surface area contributed by atoms with E-state index in [1.807, 2.05) is 6.92 Å². The van der Waals surface area contributed by atoms with Crippen LogP contribution in [0.5, 0.6) is 0 Å². The molecule has 1 rings (SSSR count). The molecule has 35 heavy (non-hydrogen) atoms. The molecule has 0 saturated carbocycles. The van der Waals surface area contributed by atoms with Gasteiger partial charge in [-0.25, -0.2) is 4.79 Å². The molecule has 0 aromatic rings. The second-order valence-corrected chi connectivity index (χ2v) is 8.06. The van der Waals surface area contributed by atoms with Gasteiger partial charge in [0.05, 0.1) is 0 Å². The lowest BCUT2D eigenvalue weighted by Crippen LogP contribution is -2.63. The van der Waals surface area contributed by atoms with E-state index in [0.717, 1.165) is 30.1 Å². The van der Waals surface area contributed by atoms with Crippen molar-refractivity contribution < 1.29 is 39.0 Å². The second-order valence-electron chi connectivity index (χ2n) is 8.06. The van der Waals surface area contributed by atoms with Crippen LogP contribution in [0.1, 0.15) is 59.3 Å². The van der Waals surface area contributed by atoms with Gasteiger partial charge in [-0.05, 0) is 25.2 Å². The number of nitrogens with zero attached hydrogens (tertiary/aromatic N) is 2. The molecule has 5 amide bonds. The normalized spacial score (nSPS) is 14.4. The van der Waals surface area contributed by atoms with Gasteiger partial charge in [0.1, 0.15) is 6.04 Å². The van der Waals surface area contributed by atoms with Crippen molar-refractivity contribution >= 4 is 35.7 Å². The van der Waals surface area contributed by atoms with Gasteiger partial charge in [0.25, 0.3) is 11.8 Å². The minimum atomic E-state index is -1.24. The lowest BCUT2D eigenvalue weighted by molar-refractivity contribution is -0.180. The number of unbranched alkanes of at least 4 members (excludes halogenated alkanes) is 2. The summed E-state index contributed by atoms with van der Waals surface area (Å²) < 4.78 is 0. The van der Waals surface area contributed by atoms with Crippen LogP contribution in [-0.2, 0) is 24.0 Å². The third-order valence-electron chi connectivity index (χ3n) is 4.70. The number of carbonyl (C=O) groups is 6. The molecule has 0 unspecified atom stereocenters. The van der Waals surface area contributed by atoms with Crippen LogP contribution in [0, 0.1) is 5.92 Å². The number of carbonyl (C=O) groups excluding carboxylic acids is 4. The highest BCUT2D eigenvalue weighted by molar-refractivity contribution is 6.12. The lowest BCUT2D eigenvalue weighted by Gasteiger charge is -2.36. The molecule has 0 saturated heterocycles. The van der Waals surface area contributed by atoms with Crippen molar-refractivity contribution in [1.29, 1.82) is 0 Å². The maximum Gasteiger partial charge on any atom is 0.325 e. The van der Waals surface area contributed by atoms with Gasteiger partial charge in [0, 0.05) is 25.1 Å². The Morgan fingerprint density at radius 2 is 1.60 bits per heavy atom. The van der Waals surface area contributed by atoms with Gasteiger partial charge in [0.2, 0.25) is 5.91 Å². The average molecular weight is 501 g/mol. The number of hydrazine groups is 2. The second kappa shape index (κ2) is 16.2. The molecule has 1 aliphatic rings. The molecule has 0 aromatic heterocycles. The van der Waals surface area contributed by atoms with Crippen molar-refractivity contribution in [2.45, 2.75) is 71.4 Å². The van der Waals surface area contributed by atoms with E-state index in [-0.39, 0.29) is 6.42 Å². The van der Waals surface area contributed by atoms with Crippen LogP contribution >= 0.6 is 0 Å². The fourth-order valence-corrected chi connectivity index (χ4v) is 2.90. The number of nitrogens with one attached hydrogen (secondary N) is 2. The summed E-state index contributed by atoms with van der Waals surface area (Å²) in [7, 11) is 0. The summed E-state index contributed by atoms with van der Waals surface area (Å²) in [4.78, 5) is 67.6. The third kappa shape index (κ3) is 12.0. The predicted molar refractivity (Wildman–Crippen MR) is 124 cm³/mol. The summed E-state index contributed by atoms with van der Waals surface area (Å²) in [5.74, 6) is -4.51. The molecule has 2 atom stereocenters. The van der Waals surface area contributed by atoms with E-state index in [1.165, 1.54) is 0 Å². The lowest BCUT2D eigenvalue weighted by atomic mass is 10.1. The largest absolute Gasteiger partial charge is 0.480 e. The summed E-state index contributed by atoms with van der Waals surface area (Å²) in [5, 5.41) is 21.6. The summed E-state index contributed by atoms with van der Waals surface area (Å²) in [6.45, 7) is 5.62. The maximum atomic E-state index is 12.0. The number of carboxylic acids is 2. The van der Waals surface area contributed by atoms with E-state index in [2.05, 4.69) is 10.7 Å². The molecule has 0 fully saturated rings. The number of aliphatic carboxylic acids is 2. The Morgan fingerprint density at radius 3 is 2.03 bits per heavy atom. The molecule has 1 heterocycles. The zero-order valence-electron chi connectivity index (χ0n) is 20.2. The van der Waals surface area contributed by atoms with Crippen LogP contribution < -0.4 is 22.2 Å². The van der Waals surface area contributed by atoms with E-state index in [0.29, 0.717) is 30.8 Å². The fourth-order valence-electron chi connectivity index (χ4n) is 2.90. The highest BCUT2D eigenvalue weighted by Gasteiger charge is 2.40. The van der Waals surface area contributed by atoms with Gasteiger partial charge in [0.15, 0.2) is 6.04 Å². The smallest absolute Gasteiger partial charge is 0.325 e. The van der Waals surface area contributed by atoms with Crippen LogP contribution in [0.2, 0.25) is 0 Å². The first-order valence-electron chi connectivity index (χ1n) is 11.2. The van der Waals surface area contributed by atoms with E-state index >= 15 is 0 Å². The Labute approximate surface area is 203 Å². The van der Waals surface area contributed by atoms with Gasteiger partial charge >= 0.3 is 18.0 Å². The van der Waals surface area contributed by atoms with Crippen LogP contribution in [0.15, 0.2) is 12.2 Å². The molecule has 0 bridgehead atoms. The summed E-state index contributed by atoms with van der Waals surface area (Å²) >= 11 is 0. The van der Waals surface area contributed by atoms with Crippen molar-refractivity contribution in [2.24, 2.45) is 17.4 Å². The van der Waals surface area contributed by atoms with Crippen molar-refractivity contribution in [1.82, 2.24) is 20.9 Å². The Hall–Kier alpha value is -3.52. The molecule has 1 aliphatic heterocycles. The van der Waals surface area contributed by atoms with Crippen molar-refractivity contribution in [3.05, 3.63) is 12.2 Å². The van der Waals surface area contributed by atoms with Gasteiger partial charge < -0.3 is 27.0 Å². The zero-order chi connectivity index (χ0) is 27.1. The van der Waals surface area contributed by atoms with Gasteiger partial charge in [-0.1, -0.05) is 33.6 Å². The standard InChI is InChI=1S/C15H23N3O5.C6H13N3O3/c1-4-5-6-7-11(19)16-18(14(10(2)3)15(22)23)17-12(20)8-9-13(17)21;7-4(5(10)11)2-1-3-9-6(8)12/h8-10,14H,4-7H2,1-3H3,(H,16,19)(H,22,23);4H,1-3,7H2,(H,10,11)(H3,8,9,12)/t14-;4-/m00/s1. The van der Waals surface area contributed by atoms with Crippen LogP contribution in [0.3, 0.4) is 0 Å². The number of amides is 5. The first kappa shape index (κ1) is 31.5. The highest BCUT2D eigenvalue weighted by atomic mass is 16.4. The number of urea groups is 1. The average Bonchev–Trinajstić information content (AvgIpc) is 3.08. The SMILES string of the molecule is CCCCCC(=O)NN([C@H](C(=O)O)C(C)C)N1C(=O)C=CC1=O.NC(=O)NCCC[C@H](N)C(=O)O. The Bertz CT molecular complexity index is 783. The highest BCUT2D eigenvalue weighted by Crippen LogP contribution is 2.16. The van der Waals surface area contributed by atoms with Crippen LogP contribution in [0.4, 0.5) is 4.79 Å². The summed E-state index contributed by atoms with van der Waals surface area (Å²) in [6.07, 6.45) is 5.56. The molecule has 0 radical (unpaired) electrons. The molecule has 0 aromatic carbocycles. The number of carboxylic acid groups (broad SMARTS) is 2. The number of nitrogens with two attached hydrogens (primary N) is 2. The minimum absolute atomic E-state index is 0.193. The molecule has 198 valence electrons. The molecular formula is C21H36N6O8. The van der Waals surface area contributed by atoms with Crippen molar-refractivity contribution in [2.75, 3.05) is 6.54 Å². The van der Waals surface area contributed by atoms with Crippen LogP contribution in [-0.4, -0.2) is 74.7 Å². The first-order chi connectivity index (χ1) is 16.3. The fraction of sp³-hybridized carbons (Fsp3) is 0.619. The van der Waals surface area contributed by atoms with E-state index < -0.39 is 53.7 Å². The Morgan fingerprint density at radius 1 is 1.03 bits per heavy atom. The number of hydrogen-bond donors (Lipinski definition) is 6. The molecular weight excluding hydrogens is 464 g/mol. The van der Waals surface area contributed by atoms with Crippen LogP contribution in [0.25, 0.3) is 0 Å². The molecule has 0 spiro atoms. The van der Waals surface area contributed by atoms with Gasteiger partial charge in [-0.3, -0.25) is 29.4 Å². The molecule has 14 nitrogen and oxygen atoms in total. The Balaban J connectivity index is 0.000000814. The minimum Gasteiger partial charge on any atom is -0.480 e. The maximum absolute atomic E-state index is 12.0. The zero-order valence-corrected chi connectivity index (χ0v) is 20.2. The third-order valence-corrected chi connectivity index (χ3v) is 4.70.